The Morgan fingerprint density at radius 2 is 1.32 bits per heavy atom. The predicted molar refractivity (Wildman–Crippen MR) is 245 cm³/mol. The molecule has 7 atom stereocenters. The van der Waals surface area contributed by atoms with Crippen molar-refractivity contribution in [3.05, 3.63) is 48.6 Å². The number of unbranched alkanes of at least 4 members (excludes halogenated alkanes) is 10. The Morgan fingerprint density at radius 1 is 0.726 bits per heavy atom. The van der Waals surface area contributed by atoms with Crippen LogP contribution in [0.3, 0.4) is 0 Å². The number of nitrogens with zero attached hydrogens (tertiary/aromatic N) is 1. The lowest BCUT2D eigenvalue weighted by atomic mass is 9.87. The van der Waals surface area contributed by atoms with Crippen LogP contribution in [0.15, 0.2) is 48.6 Å². The average Bonchev–Trinajstić information content (AvgIpc) is 3.47. The molecule has 1 rings (SSSR count). The molecule has 0 saturated heterocycles. The minimum absolute atomic E-state index is 0.0449. The number of quaternary nitrogens is 1. The molecule has 0 aromatic carbocycles. The first-order valence-electron chi connectivity index (χ1n) is 23.5. The highest BCUT2D eigenvalue weighted by atomic mass is 31.2. The molecular weight excluding hydrogens is 813 g/mol. The van der Waals surface area contributed by atoms with E-state index in [1.54, 1.807) is 12.2 Å². The van der Waals surface area contributed by atoms with Gasteiger partial charge in [0, 0.05) is 43.9 Å². The van der Waals surface area contributed by atoms with Gasteiger partial charge in [-0.1, -0.05) is 114 Å². The number of phosphoric ester groups is 1. The van der Waals surface area contributed by atoms with E-state index in [0.29, 0.717) is 43.1 Å². The highest BCUT2D eigenvalue weighted by Crippen LogP contribution is 2.43. The minimum Gasteiger partial charge on any atom is -0.462 e. The van der Waals surface area contributed by atoms with Gasteiger partial charge in [-0.25, -0.2) is 4.57 Å². The summed E-state index contributed by atoms with van der Waals surface area (Å²) in [7, 11) is 1.22. The number of Topliss-reactive ketones (excluding diaryl/α,β-unsaturated/α-hetero) is 1. The van der Waals surface area contributed by atoms with Gasteiger partial charge in [0.2, 0.25) is 0 Å². The summed E-state index contributed by atoms with van der Waals surface area (Å²) >= 11 is 0. The van der Waals surface area contributed by atoms with Crippen LogP contribution in [-0.4, -0.2) is 114 Å². The lowest BCUT2D eigenvalue weighted by Crippen LogP contribution is -2.37. The lowest BCUT2D eigenvalue weighted by molar-refractivity contribution is -0.870. The largest absolute Gasteiger partial charge is 0.472 e. The van der Waals surface area contributed by atoms with Crippen molar-refractivity contribution in [1.29, 1.82) is 0 Å². The van der Waals surface area contributed by atoms with Gasteiger partial charge in [-0.15, -0.1) is 0 Å². The number of rotatable bonds is 38. The van der Waals surface area contributed by atoms with Crippen molar-refractivity contribution in [2.45, 2.75) is 180 Å². The van der Waals surface area contributed by atoms with Crippen molar-refractivity contribution in [2.24, 2.45) is 11.8 Å². The minimum atomic E-state index is -4.50. The molecule has 1 aliphatic carbocycles. The summed E-state index contributed by atoms with van der Waals surface area (Å²) in [4.78, 5) is 48.5. The molecule has 13 nitrogen and oxygen atoms in total. The monoisotopic (exact) mass is 899 g/mol. The molecule has 0 aromatic heterocycles. The molecule has 14 heteroatoms. The SMILES string of the molecule is CCCCCCCC/C=C\C/C=C\C/C=C\CCCC(=O)OC[C@H](COP(=O)(O)OCC[N+](C)(C)C)OC(=O)CCCCC(=O)C[C@@H]1[C@@H](/C=C/[C@@H](O)CCCCC)[C@H](O)C[C@@H]1O. The summed E-state index contributed by atoms with van der Waals surface area (Å²) in [5, 5.41) is 31.4. The van der Waals surface area contributed by atoms with Gasteiger partial charge in [0.1, 0.15) is 25.5 Å². The molecule has 1 unspecified atom stereocenters. The van der Waals surface area contributed by atoms with Crippen LogP contribution in [0.5, 0.6) is 0 Å². The first-order valence-corrected chi connectivity index (χ1v) is 25.0. The van der Waals surface area contributed by atoms with Gasteiger partial charge in [0.25, 0.3) is 0 Å². The van der Waals surface area contributed by atoms with E-state index in [4.69, 9.17) is 18.5 Å². The average molecular weight is 899 g/mol. The van der Waals surface area contributed by atoms with Gasteiger partial charge in [-0.3, -0.25) is 23.4 Å². The summed E-state index contributed by atoms with van der Waals surface area (Å²) in [6, 6.07) is 0. The summed E-state index contributed by atoms with van der Waals surface area (Å²) in [6.45, 7) is 3.80. The zero-order valence-corrected chi connectivity index (χ0v) is 39.8. The van der Waals surface area contributed by atoms with Gasteiger partial charge >= 0.3 is 19.8 Å². The quantitative estimate of drug-likeness (QED) is 0.0152. The van der Waals surface area contributed by atoms with Gasteiger partial charge in [0.05, 0.1) is 46.1 Å². The summed E-state index contributed by atoms with van der Waals surface area (Å²) in [6.07, 6.45) is 29.4. The van der Waals surface area contributed by atoms with E-state index in [2.05, 4.69) is 44.2 Å². The standard InChI is InChI=1S/C48H84NO12P/c1-6-8-10-11-12-13-14-15-16-17-18-19-20-21-22-23-25-30-47(54)58-38-42(39-60-62(56,57)59-35-34-49(3,4)5)61-48(55)31-27-26-29-41(51)36-44-43(45(52)37-46(44)53)33-32-40(50)28-24-9-7-2/h15-16,18-19,21-22,32-33,40,42-46,50,52-53H,6-14,17,20,23-31,34-39H2,1-5H3/p+1/b16-15-,19-18-,22-21-,33-32+/t40-,42+,43+,44+,45+,46-/m0/s1. The number of esters is 2. The Morgan fingerprint density at radius 3 is 2.00 bits per heavy atom. The maximum absolute atomic E-state index is 12.9. The zero-order valence-electron chi connectivity index (χ0n) is 38.9. The Bertz CT molecular complexity index is 1380. The van der Waals surface area contributed by atoms with Crippen LogP contribution in [0.4, 0.5) is 0 Å². The number of aliphatic hydroxyl groups is 3. The van der Waals surface area contributed by atoms with Crippen molar-refractivity contribution in [2.75, 3.05) is 47.5 Å². The molecule has 0 amide bonds. The third kappa shape index (κ3) is 31.4. The second kappa shape index (κ2) is 34.9. The topological polar surface area (TPSA) is 186 Å². The summed E-state index contributed by atoms with van der Waals surface area (Å²) in [5.41, 5.74) is 0. The number of allylic oxidation sites excluding steroid dienone is 6. The predicted octanol–water partition coefficient (Wildman–Crippen LogP) is 9.03. The summed E-state index contributed by atoms with van der Waals surface area (Å²) < 4.78 is 34.1. The van der Waals surface area contributed by atoms with Gasteiger partial charge < -0.3 is 34.2 Å². The number of hydrogen-bond acceptors (Lipinski definition) is 11. The van der Waals surface area contributed by atoms with E-state index < -0.39 is 62.6 Å². The van der Waals surface area contributed by atoms with Crippen LogP contribution in [-0.2, 0) is 37.5 Å². The molecule has 1 aliphatic rings. The van der Waals surface area contributed by atoms with E-state index in [1.165, 1.54) is 38.5 Å². The molecule has 62 heavy (non-hydrogen) atoms. The fourth-order valence-electron chi connectivity index (χ4n) is 7.03. The number of ether oxygens (including phenoxy) is 2. The Balaban J connectivity index is 2.54. The van der Waals surface area contributed by atoms with Crippen molar-refractivity contribution in [1.82, 2.24) is 0 Å². The molecule has 1 fully saturated rings. The Hall–Kier alpha value is -2.48. The van der Waals surface area contributed by atoms with Crippen molar-refractivity contribution < 1.29 is 62.2 Å². The fraction of sp³-hybridized carbons (Fsp3) is 0.771. The van der Waals surface area contributed by atoms with E-state index in [-0.39, 0.29) is 51.1 Å². The first-order chi connectivity index (χ1) is 29.6. The molecule has 0 aliphatic heterocycles. The lowest BCUT2D eigenvalue weighted by Gasteiger charge is -2.24. The molecule has 358 valence electrons. The molecule has 0 spiro atoms. The molecule has 1 saturated carbocycles. The number of hydrogen-bond donors (Lipinski definition) is 4. The summed E-state index contributed by atoms with van der Waals surface area (Å²) in [5.74, 6) is -2.17. The van der Waals surface area contributed by atoms with Crippen LogP contribution in [0.1, 0.15) is 155 Å². The third-order valence-corrected chi connectivity index (χ3v) is 11.8. The smallest absolute Gasteiger partial charge is 0.462 e. The highest BCUT2D eigenvalue weighted by molar-refractivity contribution is 7.47. The molecule has 0 aromatic rings. The highest BCUT2D eigenvalue weighted by Gasteiger charge is 2.41. The fourth-order valence-corrected chi connectivity index (χ4v) is 7.77. The number of ketones is 1. The normalized spacial score (nSPS) is 20.4. The van der Waals surface area contributed by atoms with Crippen molar-refractivity contribution in [3.63, 3.8) is 0 Å². The van der Waals surface area contributed by atoms with Crippen LogP contribution >= 0.6 is 7.82 Å². The van der Waals surface area contributed by atoms with Crippen LogP contribution < -0.4 is 0 Å². The number of phosphoric acid groups is 1. The van der Waals surface area contributed by atoms with Gasteiger partial charge in [0.15, 0.2) is 6.10 Å². The molecule has 0 heterocycles. The molecule has 0 radical (unpaired) electrons. The number of carbonyl (C=O) groups excluding carboxylic acids is 3. The Kier molecular flexibility index (Phi) is 32.4. The third-order valence-electron chi connectivity index (χ3n) is 10.8. The van der Waals surface area contributed by atoms with E-state index in [1.807, 2.05) is 27.2 Å². The van der Waals surface area contributed by atoms with Gasteiger partial charge in [-0.05, 0) is 57.8 Å². The molecule has 0 bridgehead atoms. The van der Waals surface area contributed by atoms with Crippen LogP contribution in [0, 0.1) is 11.8 Å². The number of carbonyl (C=O) groups is 3. The van der Waals surface area contributed by atoms with E-state index in [0.717, 1.165) is 38.5 Å². The molecular formula is C48H85NO12P+. The Labute approximate surface area is 374 Å². The van der Waals surface area contributed by atoms with Crippen molar-refractivity contribution in [3.8, 4) is 0 Å². The maximum atomic E-state index is 12.9. The maximum Gasteiger partial charge on any atom is 0.472 e. The zero-order chi connectivity index (χ0) is 46.1. The van der Waals surface area contributed by atoms with Gasteiger partial charge in [-0.2, -0.15) is 0 Å². The van der Waals surface area contributed by atoms with E-state index >= 15 is 0 Å². The number of likely N-dealkylation sites (N-methyl/N-ethyl adjacent to an activating group) is 1. The second-order valence-electron chi connectivity index (χ2n) is 17.8. The van der Waals surface area contributed by atoms with E-state index in [9.17, 15) is 39.2 Å². The van der Waals surface area contributed by atoms with Crippen LogP contribution in [0.2, 0.25) is 0 Å². The first kappa shape index (κ1) is 57.5. The molecule has 4 N–H and O–H groups in total. The van der Waals surface area contributed by atoms with Crippen molar-refractivity contribution >= 4 is 25.5 Å². The second-order valence-corrected chi connectivity index (χ2v) is 19.2. The van der Waals surface area contributed by atoms with Crippen LogP contribution in [0.25, 0.3) is 0 Å². The number of aliphatic hydroxyl groups excluding tert-OH is 3.